The van der Waals surface area contributed by atoms with Crippen LogP contribution in [0.3, 0.4) is 0 Å². The lowest BCUT2D eigenvalue weighted by Gasteiger charge is -2.16. The van der Waals surface area contributed by atoms with Crippen LogP contribution in [0.2, 0.25) is 0 Å². The van der Waals surface area contributed by atoms with Gasteiger partial charge in [0.2, 0.25) is 5.91 Å². The van der Waals surface area contributed by atoms with Crippen molar-refractivity contribution in [1.82, 2.24) is 14.8 Å². The fourth-order valence-corrected chi connectivity index (χ4v) is 2.98. The second-order valence-corrected chi connectivity index (χ2v) is 6.56. The summed E-state index contributed by atoms with van der Waals surface area (Å²) in [4.78, 5) is 23.9. The Labute approximate surface area is 145 Å². The normalized spacial score (nSPS) is 12.8. The van der Waals surface area contributed by atoms with Crippen LogP contribution in [0.5, 0.6) is 0 Å². The number of aromatic amines is 1. The first kappa shape index (κ1) is 19.1. The maximum atomic E-state index is 13.0. The Morgan fingerprint density at radius 3 is 2.72 bits per heavy atom. The topological polar surface area (TPSA) is 79.8 Å². The van der Waals surface area contributed by atoms with Crippen molar-refractivity contribution in [1.29, 1.82) is 0 Å². The van der Waals surface area contributed by atoms with E-state index in [1.54, 1.807) is 0 Å². The number of hydrogen-bond acceptors (Lipinski definition) is 4. The van der Waals surface area contributed by atoms with E-state index in [1.165, 1.54) is 29.7 Å². The van der Waals surface area contributed by atoms with Gasteiger partial charge >= 0.3 is 11.9 Å². The lowest BCUT2D eigenvalue weighted by Crippen LogP contribution is -2.25. The van der Waals surface area contributed by atoms with Crippen molar-refractivity contribution < 1.29 is 18.0 Å². The second-order valence-electron chi connectivity index (χ2n) is 5.26. The third-order valence-electron chi connectivity index (χ3n) is 3.31. The molecule has 0 aliphatic rings. The summed E-state index contributed by atoms with van der Waals surface area (Å²) >= 11 is 0.999. The molecule has 0 aliphatic heterocycles. The molecule has 0 bridgehead atoms. The Morgan fingerprint density at radius 1 is 1.40 bits per heavy atom. The van der Waals surface area contributed by atoms with E-state index in [-0.39, 0.29) is 11.4 Å². The van der Waals surface area contributed by atoms with Gasteiger partial charge in [-0.1, -0.05) is 30.8 Å². The zero-order chi connectivity index (χ0) is 18.6. The standard InChI is InChI=1S/C15H17F3N4O2S/c1-3-8-22-13(24)20-21-14(22)25-9(2)12(23)19-11-7-5-4-6-10(11)15(16,17)18/h4-7,9H,3,8H2,1-2H3,(H,19,23)(H,20,24)/t9-/m1/s1. The van der Waals surface area contributed by atoms with Gasteiger partial charge in [0.15, 0.2) is 5.16 Å². The number of hydrogen-bond donors (Lipinski definition) is 2. The smallest absolute Gasteiger partial charge is 0.325 e. The molecule has 2 N–H and O–H groups in total. The van der Waals surface area contributed by atoms with Gasteiger partial charge in [-0.15, -0.1) is 5.10 Å². The molecular formula is C15H17F3N4O2S. The van der Waals surface area contributed by atoms with E-state index in [1.807, 2.05) is 6.92 Å². The van der Waals surface area contributed by atoms with E-state index in [4.69, 9.17) is 0 Å². The van der Waals surface area contributed by atoms with E-state index in [0.717, 1.165) is 17.8 Å². The molecular weight excluding hydrogens is 357 g/mol. The van der Waals surface area contributed by atoms with E-state index in [0.29, 0.717) is 18.1 Å². The minimum absolute atomic E-state index is 0.305. The van der Waals surface area contributed by atoms with Crippen LogP contribution in [0.1, 0.15) is 25.8 Å². The molecule has 1 aromatic heterocycles. The van der Waals surface area contributed by atoms with Gasteiger partial charge in [0.05, 0.1) is 16.5 Å². The Morgan fingerprint density at radius 2 is 2.08 bits per heavy atom. The lowest BCUT2D eigenvalue weighted by atomic mass is 10.1. The van der Waals surface area contributed by atoms with Gasteiger partial charge in [-0.25, -0.2) is 9.89 Å². The van der Waals surface area contributed by atoms with Crippen molar-refractivity contribution in [2.24, 2.45) is 0 Å². The molecule has 1 aromatic carbocycles. The number of nitrogens with one attached hydrogen (secondary N) is 2. The summed E-state index contributed by atoms with van der Waals surface area (Å²) in [5.41, 5.74) is -1.61. The SMILES string of the molecule is CCCn1c(S[C@H](C)C(=O)Nc2ccccc2C(F)(F)F)n[nH]c1=O. The number of alkyl halides is 3. The molecule has 136 valence electrons. The largest absolute Gasteiger partial charge is 0.418 e. The molecule has 0 spiro atoms. The van der Waals surface area contributed by atoms with Crippen molar-refractivity contribution in [2.75, 3.05) is 5.32 Å². The maximum Gasteiger partial charge on any atom is 0.418 e. The van der Waals surface area contributed by atoms with E-state index in [9.17, 15) is 22.8 Å². The lowest BCUT2D eigenvalue weighted by molar-refractivity contribution is -0.137. The minimum atomic E-state index is -4.57. The number of amides is 1. The van der Waals surface area contributed by atoms with E-state index >= 15 is 0 Å². The molecule has 2 aromatic rings. The van der Waals surface area contributed by atoms with Crippen LogP contribution in [0, 0.1) is 0 Å². The molecule has 1 atom stereocenters. The van der Waals surface area contributed by atoms with Crippen LogP contribution in [-0.4, -0.2) is 25.9 Å². The molecule has 1 amide bonds. The third kappa shape index (κ3) is 4.65. The predicted octanol–water partition coefficient (Wildman–Crippen LogP) is 3.12. The van der Waals surface area contributed by atoms with Crippen LogP contribution >= 0.6 is 11.8 Å². The van der Waals surface area contributed by atoms with Crippen molar-refractivity contribution in [2.45, 2.75) is 43.4 Å². The summed E-state index contributed by atoms with van der Waals surface area (Å²) < 4.78 is 40.3. The molecule has 0 saturated heterocycles. The highest BCUT2D eigenvalue weighted by atomic mass is 32.2. The molecule has 0 unspecified atom stereocenters. The molecule has 0 fully saturated rings. The summed E-state index contributed by atoms with van der Waals surface area (Å²) in [5.74, 6) is -0.611. The van der Waals surface area contributed by atoms with Crippen molar-refractivity contribution in [3.8, 4) is 0 Å². The third-order valence-corrected chi connectivity index (χ3v) is 4.40. The van der Waals surface area contributed by atoms with E-state index < -0.39 is 22.9 Å². The number of nitrogens with zero attached hydrogens (tertiary/aromatic N) is 2. The Kier molecular flexibility index (Phi) is 5.93. The number of rotatable bonds is 6. The first-order chi connectivity index (χ1) is 11.7. The van der Waals surface area contributed by atoms with Gasteiger partial charge in [-0.2, -0.15) is 13.2 Å². The number of benzene rings is 1. The first-order valence-corrected chi connectivity index (χ1v) is 8.41. The summed E-state index contributed by atoms with van der Waals surface area (Å²) in [6.07, 6.45) is -3.86. The number of carbonyl (C=O) groups excluding carboxylic acids is 1. The molecule has 0 saturated carbocycles. The number of halogens is 3. The van der Waals surface area contributed by atoms with Crippen LogP contribution in [0.4, 0.5) is 18.9 Å². The fourth-order valence-electron chi connectivity index (χ4n) is 2.10. The van der Waals surface area contributed by atoms with Crippen molar-refractivity contribution >= 4 is 23.4 Å². The van der Waals surface area contributed by atoms with Gasteiger partial charge in [-0.05, 0) is 25.5 Å². The average molecular weight is 374 g/mol. The molecule has 0 aliphatic carbocycles. The second kappa shape index (κ2) is 7.77. The molecule has 6 nitrogen and oxygen atoms in total. The number of carbonyl (C=O) groups is 1. The highest BCUT2D eigenvalue weighted by Gasteiger charge is 2.34. The Bertz CT molecular complexity index is 801. The Hall–Kier alpha value is -2.23. The highest BCUT2D eigenvalue weighted by Crippen LogP contribution is 2.35. The van der Waals surface area contributed by atoms with E-state index in [2.05, 4.69) is 15.5 Å². The summed E-state index contributed by atoms with van der Waals surface area (Å²) in [7, 11) is 0. The van der Waals surface area contributed by atoms with Crippen LogP contribution in [0.15, 0.2) is 34.2 Å². The number of aromatic nitrogens is 3. The number of thioether (sulfide) groups is 1. The van der Waals surface area contributed by atoms with Gasteiger partial charge in [0.25, 0.3) is 0 Å². The quantitative estimate of drug-likeness (QED) is 0.762. The Balaban J connectivity index is 2.13. The van der Waals surface area contributed by atoms with Gasteiger partial charge < -0.3 is 5.32 Å². The number of para-hydroxylation sites is 1. The van der Waals surface area contributed by atoms with Crippen LogP contribution < -0.4 is 11.0 Å². The van der Waals surface area contributed by atoms with Gasteiger partial charge in [0, 0.05) is 6.54 Å². The zero-order valence-corrected chi connectivity index (χ0v) is 14.4. The van der Waals surface area contributed by atoms with Crippen LogP contribution in [-0.2, 0) is 17.5 Å². The highest BCUT2D eigenvalue weighted by molar-refractivity contribution is 8.00. The zero-order valence-electron chi connectivity index (χ0n) is 13.6. The van der Waals surface area contributed by atoms with Crippen LogP contribution in [0.25, 0.3) is 0 Å². The number of anilines is 1. The fraction of sp³-hybridized carbons (Fsp3) is 0.400. The van der Waals surface area contributed by atoms with Gasteiger partial charge in [0.1, 0.15) is 0 Å². The van der Waals surface area contributed by atoms with Gasteiger partial charge in [-0.3, -0.25) is 9.36 Å². The summed E-state index contributed by atoms with van der Waals surface area (Å²) in [6, 6.07) is 4.76. The molecule has 2 rings (SSSR count). The summed E-state index contributed by atoms with van der Waals surface area (Å²) in [6.45, 7) is 3.85. The van der Waals surface area contributed by atoms with Crippen molar-refractivity contribution in [3.05, 3.63) is 40.3 Å². The van der Waals surface area contributed by atoms with Crippen molar-refractivity contribution in [3.63, 3.8) is 0 Å². The molecule has 1 heterocycles. The molecule has 0 radical (unpaired) electrons. The monoisotopic (exact) mass is 374 g/mol. The first-order valence-electron chi connectivity index (χ1n) is 7.53. The predicted molar refractivity (Wildman–Crippen MR) is 88.5 cm³/mol. The minimum Gasteiger partial charge on any atom is -0.325 e. The summed E-state index contributed by atoms with van der Waals surface area (Å²) in [5, 5.41) is 8.02. The average Bonchev–Trinajstić information content (AvgIpc) is 2.88. The molecule has 10 heteroatoms. The number of H-pyrrole nitrogens is 1. The maximum absolute atomic E-state index is 13.0. The molecule has 25 heavy (non-hydrogen) atoms.